The Labute approximate surface area is 103 Å². The van der Waals surface area contributed by atoms with Crippen molar-refractivity contribution in [2.24, 2.45) is 5.92 Å². The van der Waals surface area contributed by atoms with Crippen LogP contribution >= 0.6 is 0 Å². The van der Waals surface area contributed by atoms with E-state index in [4.69, 9.17) is 0 Å². The van der Waals surface area contributed by atoms with E-state index < -0.39 is 0 Å². The van der Waals surface area contributed by atoms with Gasteiger partial charge in [-0.3, -0.25) is 0 Å². The van der Waals surface area contributed by atoms with Crippen LogP contribution in [0.4, 0.5) is 5.69 Å². The number of benzene rings is 2. The molecule has 1 fully saturated rings. The molecule has 0 unspecified atom stereocenters. The molecule has 17 heavy (non-hydrogen) atoms. The second kappa shape index (κ2) is 3.76. The van der Waals surface area contributed by atoms with Gasteiger partial charge >= 0.3 is 0 Å². The van der Waals surface area contributed by atoms with Crippen LogP contribution in [0.25, 0.3) is 10.8 Å². The molecule has 1 nitrogen and oxygen atoms in total. The average molecular weight is 225 g/mol. The molecule has 2 aromatic carbocycles. The molecule has 1 N–H and O–H groups in total. The van der Waals surface area contributed by atoms with Gasteiger partial charge in [-0.1, -0.05) is 30.3 Å². The Bertz CT molecular complexity index is 538. The third-order valence-corrected chi connectivity index (χ3v) is 3.81. The zero-order valence-corrected chi connectivity index (χ0v) is 10.5. The van der Waals surface area contributed by atoms with Gasteiger partial charge in [0.2, 0.25) is 0 Å². The van der Waals surface area contributed by atoms with E-state index in [1.165, 1.54) is 29.3 Å². The van der Waals surface area contributed by atoms with E-state index in [-0.39, 0.29) is 5.54 Å². The fraction of sp³-hybridized carbons (Fsp3) is 0.375. The van der Waals surface area contributed by atoms with E-state index in [1.807, 2.05) is 0 Å². The predicted molar refractivity (Wildman–Crippen MR) is 74.4 cm³/mol. The van der Waals surface area contributed by atoms with Gasteiger partial charge in [0.25, 0.3) is 0 Å². The fourth-order valence-corrected chi connectivity index (χ4v) is 2.55. The van der Waals surface area contributed by atoms with Crippen LogP contribution in [0.2, 0.25) is 0 Å². The molecule has 0 saturated heterocycles. The van der Waals surface area contributed by atoms with Crippen molar-refractivity contribution in [2.75, 3.05) is 5.32 Å². The maximum Gasteiger partial charge on any atom is 0.0350 e. The van der Waals surface area contributed by atoms with E-state index in [2.05, 4.69) is 61.6 Å². The Morgan fingerprint density at radius 1 is 1.00 bits per heavy atom. The zero-order chi connectivity index (χ0) is 11.9. The Balaban J connectivity index is 1.90. The summed E-state index contributed by atoms with van der Waals surface area (Å²) in [5.74, 6) is 0.842. The highest BCUT2D eigenvalue weighted by molar-refractivity contribution is 5.85. The number of rotatable bonds is 3. The summed E-state index contributed by atoms with van der Waals surface area (Å²) < 4.78 is 0. The van der Waals surface area contributed by atoms with Crippen molar-refractivity contribution >= 4 is 16.5 Å². The van der Waals surface area contributed by atoms with Crippen LogP contribution < -0.4 is 5.32 Å². The standard InChI is InChI=1S/C16H19N/c1-16(2,14-8-9-14)17-15-10-7-12-5-3-4-6-13(12)11-15/h3-7,10-11,14,17H,8-9H2,1-2H3. The molecule has 2 aromatic rings. The molecule has 0 radical (unpaired) electrons. The van der Waals surface area contributed by atoms with Gasteiger partial charge in [0.05, 0.1) is 0 Å². The molecule has 0 aliphatic heterocycles. The molecule has 1 heteroatoms. The van der Waals surface area contributed by atoms with Crippen molar-refractivity contribution in [1.29, 1.82) is 0 Å². The summed E-state index contributed by atoms with van der Waals surface area (Å²) in [6.07, 6.45) is 2.74. The number of anilines is 1. The van der Waals surface area contributed by atoms with Crippen molar-refractivity contribution in [1.82, 2.24) is 0 Å². The molecular weight excluding hydrogens is 206 g/mol. The van der Waals surface area contributed by atoms with Gasteiger partial charge in [0, 0.05) is 11.2 Å². The van der Waals surface area contributed by atoms with Crippen molar-refractivity contribution in [2.45, 2.75) is 32.2 Å². The third-order valence-electron chi connectivity index (χ3n) is 3.81. The van der Waals surface area contributed by atoms with Gasteiger partial charge < -0.3 is 5.32 Å². The lowest BCUT2D eigenvalue weighted by Crippen LogP contribution is -2.33. The SMILES string of the molecule is CC(C)(Nc1ccc2ccccc2c1)C1CC1. The minimum absolute atomic E-state index is 0.225. The molecule has 0 amide bonds. The highest BCUT2D eigenvalue weighted by atomic mass is 15.0. The second-order valence-corrected chi connectivity index (χ2v) is 5.68. The molecule has 1 aliphatic carbocycles. The minimum atomic E-state index is 0.225. The molecule has 0 spiro atoms. The van der Waals surface area contributed by atoms with Crippen molar-refractivity contribution in [3.05, 3.63) is 42.5 Å². The Morgan fingerprint density at radius 3 is 2.41 bits per heavy atom. The summed E-state index contributed by atoms with van der Waals surface area (Å²) in [4.78, 5) is 0. The van der Waals surface area contributed by atoms with Crippen molar-refractivity contribution in [3.8, 4) is 0 Å². The van der Waals surface area contributed by atoms with E-state index in [9.17, 15) is 0 Å². The molecule has 88 valence electrons. The molecule has 0 aromatic heterocycles. The van der Waals surface area contributed by atoms with E-state index >= 15 is 0 Å². The first kappa shape index (κ1) is 10.6. The number of nitrogens with one attached hydrogen (secondary N) is 1. The Morgan fingerprint density at radius 2 is 1.71 bits per heavy atom. The van der Waals surface area contributed by atoms with Gasteiger partial charge in [-0.05, 0) is 55.5 Å². The lowest BCUT2D eigenvalue weighted by molar-refractivity contribution is 0.494. The summed E-state index contributed by atoms with van der Waals surface area (Å²) in [5, 5.41) is 6.29. The van der Waals surface area contributed by atoms with E-state index in [0.29, 0.717) is 0 Å². The summed E-state index contributed by atoms with van der Waals surface area (Å²) in [7, 11) is 0. The summed E-state index contributed by atoms with van der Waals surface area (Å²) in [6, 6.07) is 15.1. The quantitative estimate of drug-likeness (QED) is 0.814. The molecule has 0 atom stereocenters. The van der Waals surface area contributed by atoms with Gasteiger partial charge in [-0.25, -0.2) is 0 Å². The summed E-state index contributed by atoms with van der Waals surface area (Å²) in [6.45, 7) is 4.61. The van der Waals surface area contributed by atoms with Crippen LogP contribution in [0.15, 0.2) is 42.5 Å². The first-order valence-corrected chi connectivity index (χ1v) is 6.42. The second-order valence-electron chi connectivity index (χ2n) is 5.68. The molecule has 0 heterocycles. The molecule has 1 saturated carbocycles. The van der Waals surface area contributed by atoms with Crippen molar-refractivity contribution < 1.29 is 0 Å². The molecular formula is C16H19N. The third kappa shape index (κ3) is 2.14. The normalized spacial score (nSPS) is 16.1. The molecule has 3 rings (SSSR count). The number of hydrogen-bond donors (Lipinski definition) is 1. The smallest absolute Gasteiger partial charge is 0.0350 e. The maximum atomic E-state index is 3.67. The molecule has 0 bridgehead atoms. The largest absolute Gasteiger partial charge is 0.380 e. The maximum absolute atomic E-state index is 3.67. The highest BCUT2D eigenvalue weighted by Gasteiger charge is 2.37. The monoisotopic (exact) mass is 225 g/mol. The zero-order valence-electron chi connectivity index (χ0n) is 10.5. The van der Waals surface area contributed by atoms with Gasteiger partial charge in [0.15, 0.2) is 0 Å². The topological polar surface area (TPSA) is 12.0 Å². The minimum Gasteiger partial charge on any atom is -0.380 e. The lowest BCUT2D eigenvalue weighted by atomic mass is 9.98. The van der Waals surface area contributed by atoms with E-state index in [1.54, 1.807) is 0 Å². The van der Waals surface area contributed by atoms with E-state index in [0.717, 1.165) is 5.92 Å². The van der Waals surface area contributed by atoms with Crippen molar-refractivity contribution in [3.63, 3.8) is 0 Å². The van der Waals surface area contributed by atoms with Gasteiger partial charge in [-0.15, -0.1) is 0 Å². The van der Waals surface area contributed by atoms with Crippen LogP contribution in [0.1, 0.15) is 26.7 Å². The fourth-order valence-electron chi connectivity index (χ4n) is 2.55. The summed E-state index contributed by atoms with van der Waals surface area (Å²) in [5.41, 5.74) is 1.46. The van der Waals surface area contributed by atoms with Crippen LogP contribution in [0, 0.1) is 5.92 Å². The highest BCUT2D eigenvalue weighted by Crippen LogP contribution is 2.41. The van der Waals surface area contributed by atoms with Gasteiger partial charge in [-0.2, -0.15) is 0 Å². The van der Waals surface area contributed by atoms with Crippen LogP contribution in [0.5, 0.6) is 0 Å². The Kier molecular flexibility index (Phi) is 2.36. The predicted octanol–water partition coefficient (Wildman–Crippen LogP) is 4.44. The van der Waals surface area contributed by atoms with Gasteiger partial charge in [0.1, 0.15) is 0 Å². The Hall–Kier alpha value is -1.50. The number of hydrogen-bond acceptors (Lipinski definition) is 1. The van der Waals surface area contributed by atoms with Crippen LogP contribution in [0.3, 0.4) is 0 Å². The first-order chi connectivity index (χ1) is 8.15. The molecule has 1 aliphatic rings. The lowest BCUT2D eigenvalue weighted by Gasteiger charge is -2.27. The van der Waals surface area contributed by atoms with Crippen LogP contribution in [-0.2, 0) is 0 Å². The van der Waals surface area contributed by atoms with Crippen LogP contribution in [-0.4, -0.2) is 5.54 Å². The number of fused-ring (bicyclic) bond motifs is 1. The first-order valence-electron chi connectivity index (χ1n) is 6.42. The average Bonchev–Trinajstić information content (AvgIpc) is 3.12. The summed E-state index contributed by atoms with van der Waals surface area (Å²) >= 11 is 0.